The van der Waals surface area contributed by atoms with Gasteiger partial charge in [0.2, 0.25) is 0 Å². The molecule has 1 N–H and O–H groups in total. The van der Waals surface area contributed by atoms with Crippen molar-refractivity contribution in [1.29, 1.82) is 0 Å². The van der Waals surface area contributed by atoms with Crippen LogP contribution in [0.2, 0.25) is 0 Å². The van der Waals surface area contributed by atoms with Crippen LogP contribution in [0.25, 0.3) is 0 Å². The average molecular weight is 278 g/mol. The molecule has 3 rings (SSSR count). The summed E-state index contributed by atoms with van der Waals surface area (Å²) in [5.74, 6) is 1.25. The Hall–Kier alpha value is -1.46. The van der Waals surface area contributed by atoms with Crippen LogP contribution in [0.1, 0.15) is 63.6 Å². The minimum Gasteiger partial charge on any atom is -0.481 e. The van der Waals surface area contributed by atoms with Crippen molar-refractivity contribution in [2.24, 2.45) is 11.3 Å². The molecule has 2 aliphatic rings. The van der Waals surface area contributed by atoms with Gasteiger partial charge in [0, 0.05) is 5.92 Å². The van der Waals surface area contributed by atoms with Crippen LogP contribution >= 0.6 is 0 Å². The number of hydrogen-bond donors (Lipinski definition) is 1. The monoisotopic (exact) mass is 278 g/mol. The van der Waals surface area contributed by atoms with Crippen molar-refractivity contribution in [2.45, 2.75) is 64.3 Å². The van der Waals surface area contributed by atoms with Gasteiger partial charge in [-0.15, -0.1) is 5.10 Å². The zero-order valence-corrected chi connectivity index (χ0v) is 12.0. The fourth-order valence-electron chi connectivity index (χ4n) is 3.32. The Balaban J connectivity index is 1.80. The Labute approximate surface area is 118 Å². The summed E-state index contributed by atoms with van der Waals surface area (Å²) in [6, 6.07) is 0. The van der Waals surface area contributed by atoms with E-state index in [1.807, 2.05) is 0 Å². The van der Waals surface area contributed by atoms with E-state index in [1.165, 1.54) is 6.42 Å². The molecule has 1 heterocycles. The van der Waals surface area contributed by atoms with Gasteiger partial charge in [0.05, 0.1) is 12.0 Å². The van der Waals surface area contributed by atoms with Crippen LogP contribution in [-0.4, -0.2) is 31.3 Å². The molecule has 1 aromatic rings. The Morgan fingerprint density at radius 3 is 2.60 bits per heavy atom. The van der Waals surface area contributed by atoms with Gasteiger partial charge in [-0.3, -0.25) is 4.79 Å². The van der Waals surface area contributed by atoms with E-state index in [4.69, 9.17) is 0 Å². The molecule has 20 heavy (non-hydrogen) atoms. The number of carbonyl (C=O) groups is 1. The number of nitrogens with zero attached hydrogens (tertiary/aromatic N) is 4. The van der Waals surface area contributed by atoms with Gasteiger partial charge >= 0.3 is 5.97 Å². The summed E-state index contributed by atoms with van der Waals surface area (Å²) in [6.45, 7) is 2.62. The minimum absolute atomic E-state index is 0.424. The van der Waals surface area contributed by atoms with Crippen molar-refractivity contribution in [1.82, 2.24) is 20.2 Å². The number of carboxylic acids is 1. The molecule has 0 aliphatic heterocycles. The zero-order valence-electron chi connectivity index (χ0n) is 12.0. The van der Waals surface area contributed by atoms with E-state index in [2.05, 4.69) is 22.4 Å². The van der Waals surface area contributed by atoms with Crippen LogP contribution in [0.4, 0.5) is 0 Å². The standard InChI is InChI=1S/C14H22N4O2/c1-10-5-7-14(8-6-10,13(19)20)9-18-12(15-16-17-18)11-3-2-4-11/h10-11H,2-9H2,1H3,(H,19,20). The summed E-state index contributed by atoms with van der Waals surface area (Å²) in [4.78, 5) is 11.8. The van der Waals surface area contributed by atoms with E-state index in [1.54, 1.807) is 4.68 Å². The summed E-state index contributed by atoms with van der Waals surface area (Å²) < 4.78 is 1.76. The number of aromatic nitrogens is 4. The molecular formula is C14H22N4O2. The second kappa shape index (κ2) is 5.14. The third-order valence-electron chi connectivity index (χ3n) is 5.17. The molecule has 0 unspecified atom stereocenters. The normalized spacial score (nSPS) is 30.9. The number of carboxylic acid groups (broad SMARTS) is 1. The van der Waals surface area contributed by atoms with Gasteiger partial charge in [-0.2, -0.15) is 0 Å². The maximum Gasteiger partial charge on any atom is 0.311 e. The topological polar surface area (TPSA) is 80.9 Å². The molecule has 110 valence electrons. The summed E-state index contributed by atoms with van der Waals surface area (Å²) in [5.41, 5.74) is -0.680. The SMILES string of the molecule is CC1CCC(Cn2nnnc2C2CCC2)(C(=O)O)CC1. The molecular weight excluding hydrogens is 256 g/mol. The van der Waals surface area contributed by atoms with Crippen molar-refractivity contribution in [3.63, 3.8) is 0 Å². The van der Waals surface area contributed by atoms with Crippen molar-refractivity contribution < 1.29 is 9.90 Å². The molecule has 0 spiro atoms. The maximum absolute atomic E-state index is 11.8. The molecule has 2 saturated carbocycles. The van der Waals surface area contributed by atoms with Gasteiger partial charge in [-0.1, -0.05) is 13.3 Å². The summed E-state index contributed by atoms with van der Waals surface area (Å²) >= 11 is 0. The van der Waals surface area contributed by atoms with E-state index < -0.39 is 11.4 Å². The lowest BCUT2D eigenvalue weighted by molar-refractivity contribution is -0.153. The van der Waals surface area contributed by atoms with Crippen LogP contribution < -0.4 is 0 Å². The lowest BCUT2D eigenvalue weighted by Crippen LogP contribution is -2.40. The Morgan fingerprint density at radius 1 is 1.35 bits per heavy atom. The molecule has 0 aromatic carbocycles. The molecule has 2 fully saturated rings. The molecule has 2 aliphatic carbocycles. The van der Waals surface area contributed by atoms with Crippen LogP contribution in [0.15, 0.2) is 0 Å². The smallest absolute Gasteiger partial charge is 0.311 e. The molecule has 6 heteroatoms. The predicted molar refractivity (Wildman–Crippen MR) is 72.1 cm³/mol. The lowest BCUT2D eigenvalue weighted by Gasteiger charge is -2.36. The third kappa shape index (κ3) is 2.31. The largest absolute Gasteiger partial charge is 0.481 e. The van der Waals surface area contributed by atoms with Crippen molar-refractivity contribution in [3.8, 4) is 0 Å². The summed E-state index contributed by atoms with van der Waals surface area (Å²) in [5, 5.41) is 21.6. The van der Waals surface area contributed by atoms with Crippen molar-refractivity contribution in [2.75, 3.05) is 0 Å². The predicted octanol–water partition coefficient (Wildman–Crippen LogP) is 2.22. The van der Waals surface area contributed by atoms with E-state index >= 15 is 0 Å². The Kier molecular flexibility index (Phi) is 3.48. The van der Waals surface area contributed by atoms with Crippen molar-refractivity contribution >= 4 is 5.97 Å². The maximum atomic E-state index is 11.8. The molecule has 0 radical (unpaired) electrons. The van der Waals surface area contributed by atoms with E-state index in [-0.39, 0.29) is 0 Å². The van der Waals surface area contributed by atoms with Gasteiger partial charge in [0.15, 0.2) is 5.82 Å². The van der Waals surface area contributed by atoms with Gasteiger partial charge in [0.25, 0.3) is 0 Å². The summed E-state index contributed by atoms with van der Waals surface area (Å²) in [7, 11) is 0. The second-order valence-electron chi connectivity index (χ2n) is 6.59. The van der Waals surface area contributed by atoms with Gasteiger partial charge in [-0.05, 0) is 54.9 Å². The zero-order chi connectivity index (χ0) is 14.2. The molecule has 0 bridgehead atoms. The first-order chi connectivity index (χ1) is 9.61. The first-order valence-electron chi connectivity index (χ1n) is 7.60. The van der Waals surface area contributed by atoms with Crippen LogP contribution in [-0.2, 0) is 11.3 Å². The fourth-order valence-corrected chi connectivity index (χ4v) is 3.32. The van der Waals surface area contributed by atoms with E-state index in [0.29, 0.717) is 18.4 Å². The molecule has 1 aromatic heterocycles. The van der Waals surface area contributed by atoms with Crippen LogP contribution in [0.3, 0.4) is 0 Å². The number of hydrogen-bond acceptors (Lipinski definition) is 4. The highest BCUT2D eigenvalue weighted by Gasteiger charge is 2.43. The van der Waals surface area contributed by atoms with Crippen LogP contribution in [0.5, 0.6) is 0 Å². The fraction of sp³-hybridized carbons (Fsp3) is 0.857. The average Bonchev–Trinajstić information content (AvgIpc) is 2.78. The van der Waals surface area contributed by atoms with Gasteiger partial charge in [0.1, 0.15) is 0 Å². The second-order valence-corrected chi connectivity index (χ2v) is 6.59. The Morgan fingerprint density at radius 2 is 2.05 bits per heavy atom. The Bertz CT molecular complexity index is 487. The van der Waals surface area contributed by atoms with Crippen LogP contribution in [0, 0.1) is 11.3 Å². The number of tetrazole rings is 1. The quantitative estimate of drug-likeness (QED) is 0.913. The first-order valence-corrected chi connectivity index (χ1v) is 7.60. The van der Waals surface area contributed by atoms with Crippen molar-refractivity contribution in [3.05, 3.63) is 5.82 Å². The highest BCUT2D eigenvalue weighted by Crippen LogP contribution is 2.42. The molecule has 0 amide bonds. The lowest BCUT2D eigenvalue weighted by atomic mass is 9.70. The molecule has 6 nitrogen and oxygen atoms in total. The number of aliphatic carboxylic acids is 1. The van der Waals surface area contributed by atoms with E-state index in [9.17, 15) is 9.90 Å². The van der Waals surface area contributed by atoms with E-state index in [0.717, 1.165) is 44.3 Å². The summed E-state index contributed by atoms with van der Waals surface area (Å²) in [6.07, 6.45) is 6.88. The highest BCUT2D eigenvalue weighted by molar-refractivity contribution is 5.74. The number of rotatable bonds is 4. The first kappa shape index (κ1) is 13.5. The third-order valence-corrected chi connectivity index (χ3v) is 5.17. The minimum atomic E-state index is -0.695. The van der Waals surface area contributed by atoms with Gasteiger partial charge in [-0.25, -0.2) is 4.68 Å². The molecule has 0 saturated heterocycles. The highest BCUT2D eigenvalue weighted by atomic mass is 16.4. The molecule has 0 atom stereocenters. The van der Waals surface area contributed by atoms with Gasteiger partial charge < -0.3 is 5.11 Å².